The van der Waals surface area contributed by atoms with Crippen molar-refractivity contribution >= 4 is 11.6 Å². The van der Waals surface area contributed by atoms with Gasteiger partial charge in [-0.05, 0) is 55.6 Å². The van der Waals surface area contributed by atoms with Crippen molar-refractivity contribution < 1.29 is 0 Å². The summed E-state index contributed by atoms with van der Waals surface area (Å²) in [4.78, 5) is 0. The van der Waals surface area contributed by atoms with Crippen LogP contribution in [0.5, 0.6) is 0 Å². The molecule has 0 aromatic heterocycles. The molecule has 0 nitrogen and oxygen atoms in total. The van der Waals surface area contributed by atoms with E-state index in [-0.39, 0.29) is 0 Å². The van der Waals surface area contributed by atoms with E-state index in [2.05, 4.69) is 38.1 Å². The summed E-state index contributed by atoms with van der Waals surface area (Å²) in [6, 6.07) is 8.73. The van der Waals surface area contributed by atoms with Gasteiger partial charge in [0.25, 0.3) is 0 Å². The zero-order chi connectivity index (χ0) is 12.3. The predicted molar refractivity (Wildman–Crippen MR) is 75.6 cm³/mol. The van der Waals surface area contributed by atoms with Gasteiger partial charge in [-0.2, -0.15) is 0 Å². The van der Waals surface area contributed by atoms with Crippen LogP contribution < -0.4 is 0 Å². The summed E-state index contributed by atoms with van der Waals surface area (Å²) in [5, 5.41) is 0.386. The van der Waals surface area contributed by atoms with E-state index in [1.807, 2.05) is 0 Å². The Kier molecular flexibility index (Phi) is 4.50. The van der Waals surface area contributed by atoms with Crippen molar-refractivity contribution in [1.29, 1.82) is 0 Å². The molecule has 1 fully saturated rings. The molecule has 0 spiro atoms. The van der Waals surface area contributed by atoms with Gasteiger partial charge < -0.3 is 0 Å². The molecule has 1 aromatic carbocycles. The third-order valence-electron chi connectivity index (χ3n) is 4.32. The maximum absolute atomic E-state index is 6.51. The molecule has 1 aliphatic carbocycles. The molecule has 1 heteroatoms. The van der Waals surface area contributed by atoms with Crippen molar-refractivity contribution in [1.82, 2.24) is 0 Å². The van der Waals surface area contributed by atoms with E-state index in [1.165, 1.54) is 36.8 Å². The third-order valence-corrected chi connectivity index (χ3v) is 4.89. The molecule has 17 heavy (non-hydrogen) atoms. The molecule has 0 heterocycles. The van der Waals surface area contributed by atoms with E-state index in [1.54, 1.807) is 0 Å². The van der Waals surface area contributed by atoms with Crippen molar-refractivity contribution in [2.75, 3.05) is 0 Å². The van der Waals surface area contributed by atoms with Gasteiger partial charge in [-0.1, -0.05) is 37.6 Å². The van der Waals surface area contributed by atoms with Gasteiger partial charge in [0.2, 0.25) is 0 Å². The highest BCUT2D eigenvalue weighted by atomic mass is 35.5. The van der Waals surface area contributed by atoms with E-state index >= 15 is 0 Å². The Hall–Kier alpha value is -0.490. The predicted octanol–water partition coefficient (Wildman–Crippen LogP) is 4.97. The molecule has 2 rings (SSSR count). The molecular formula is C16H23Cl. The number of benzene rings is 1. The lowest BCUT2D eigenvalue weighted by Crippen LogP contribution is -2.27. The average Bonchev–Trinajstić information content (AvgIpc) is 2.35. The summed E-state index contributed by atoms with van der Waals surface area (Å²) >= 11 is 6.51. The maximum atomic E-state index is 6.51. The van der Waals surface area contributed by atoms with Gasteiger partial charge in [-0.25, -0.2) is 0 Å². The minimum Gasteiger partial charge on any atom is -0.123 e. The number of hydrogen-bond acceptors (Lipinski definition) is 0. The molecule has 0 saturated heterocycles. The zero-order valence-corrected chi connectivity index (χ0v) is 11.7. The highest BCUT2D eigenvalue weighted by molar-refractivity contribution is 6.20. The lowest BCUT2D eigenvalue weighted by molar-refractivity contribution is 0.264. The van der Waals surface area contributed by atoms with Crippen LogP contribution in [0.2, 0.25) is 0 Å². The van der Waals surface area contributed by atoms with Crippen molar-refractivity contribution in [3.05, 3.63) is 35.4 Å². The first-order valence-corrected chi connectivity index (χ1v) is 7.33. The Balaban J connectivity index is 2.04. The normalized spacial score (nSPS) is 29.2. The van der Waals surface area contributed by atoms with Crippen LogP contribution in [0.25, 0.3) is 0 Å². The first-order chi connectivity index (χ1) is 8.20. The molecule has 0 amide bonds. The summed E-state index contributed by atoms with van der Waals surface area (Å²) in [6.45, 7) is 4.52. The minimum atomic E-state index is 0.386. The van der Waals surface area contributed by atoms with Gasteiger partial charge in [0, 0.05) is 5.38 Å². The van der Waals surface area contributed by atoms with Gasteiger partial charge in [0.15, 0.2) is 0 Å². The molecule has 3 atom stereocenters. The summed E-state index contributed by atoms with van der Waals surface area (Å²) in [5.74, 6) is 1.58. The largest absolute Gasteiger partial charge is 0.123 e. The molecule has 94 valence electrons. The van der Waals surface area contributed by atoms with Crippen LogP contribution in [0, 0.1) is 18.8 Å². The monoisotopic (exact) mass is 250 g/mol. The summed E-state index contributed by atoms with van der Waals surface area (Å²) in [5.41, 5.74) is 2.90. The summed E-state index contributed by atoms with van der Waals surface area (Å²) < 4.78 is 0. The van der Waals surface area contributed by atoms with Crippen LogP contribution >= 0.6 is 11.6 Å². The Bertz CT molecular complexity index is 358. The Morgan fingerprint density at radius 2 is 2.00 bits per heavy atom. The number of alkyl halides is 1. The second kappa shape index (κ2) is 5.91. The molecule has 0 bridgehead atoms. The molecule has 0 radical (unpaired) electrons. The fourth-order valence-electron chi connectivity index (χ4n) is 3.03. The van der Waals surface area contributed by atoms with Crippen LogP contribution in [0.3, 0.4) is 0 Å². The standard InChI is InChI=1S/C16H23Cl/c1-3-13-8-9-16(17)15(10-13)11-14-7-5-4-6-12(14)2/h4-7,13,15-16H,3,8-11H2,1-2H3. The Morgan fingerprint density at radius 3 is 2.71 bits per heavy atom. The number of halogens is 1. The lowest BCUT2D eigenvalue weighted by Gasteiger charge is -2.33. The summed E-state index contributed by atoms with van der Waals surface area (Å²) in [6.07, 6.45) is 6.33. The summed E-state index contributed by atoms with van der Waals surface area (Å²) in [7, 11) is 0. The Labute approximate surface area is 110 Å². The van der Waals surface area contributed by atoms with E-state index in [9.17, 15) is 0 Å². The van der Waals surface area contributed by atoms with Crippen molar-refractivity contribution in [2.24, 2.45) is 11.8 Å². The number of aryl methyl sites for hydroxylation is 1. The Morgan fingerprint density at radius 1 is 1.24 bits per heavy atom. The van der Waals surface area contributed by atoms with Crippen molar-refractivity contribution in [3.63, 3.8) is 0 Å². The van der Waals surface area contributed by atoms with Crippen molar-refractivity contribution in [3.8, 4) is 0 Å². The van der Waals surface area contributed by atoms with E-state index < -0.39 is 0 Å². The van der Waals surface area contributed by atoms with E-state index in [0.29, 0.717) is 11.3 Å². The molecule has 3 unspecified atom stereocenters. The first-order valence-electron chi connectivity index (χ1n) is 6.89. The lowest BCUT2D eigenvalue weighted by atomic mass is 9.77. The van der Waals surface area contributed by atoms with Crippen molar-refractivity contribution in [2.45, 2.75) is 51.3 Å². The molecule has 1 aromatic rings. The van der Waals surface area contributed by atoms with Crippen LogP contribution in [-0.2, 0) is 6.42 Å². The van der Waals surface area contributed by atoms with Gasteiger partial charge in [0.05, 0.1) is 0 Å². The highest BCUT2D eigenvalue weighted by Gasteiger charge is 2.28. The van der Waals surface area contributed by atoms with Gasteiger partial charge >= 0.3 is 0 Å². The maximum Gasteiger partial charge on any atom is 0.0367 e. The van der Waals surface area contributed by atoms with Gasteiger partial charge in [-0.15, -0.1) is 11.6 Å². The van der Waals surface area contributed by atoms with E-state index in [4.69, 9.17) is 11.6 Å². The quantitative estimate of drug-likeness (QED) is 0.665. The van der Waals surface area contributed by atoms with Gasteiger partial charge in [0.1, 0.15) is 0 Å². The average molecular weight is 251 g/mol. The zero-order valence-electron chi connectivity index (χ0n) is 11.0. The fraction of sp³-hybridized carbons (Fsp3) is 0.625. The molecule has 0 N–H and O–H groups in total. The SMILES string of the molecule is CCC1CCC(Cl)C(Cc2ccccc2C)C1. The first kappa shape index (κ1) is 13.0. The second-order valence-electron chi connectivity index (χ2n) is 5.49. The van der Waals surface area contributed by atoms with E-state index in [0.717, 1.165) is 12.3 Å². The minimum absolute atomic E-state index is 0.386. The van der Waals surface area contributed by atoms with Gasteiger partial charge in [-0.3, -0.25) is 0 Å². The smallest absolute Gasteiger partial charge is 0.0367 e. The van der Waals surface area contributed by atoms with Crippen LogP contribution in [-0.4, -0.2) is 5.38 Å². The molecule has 1 saturated carbocycles. The third kappa shape index (κ3) is 3.25. The second-order valence-corrected chi connectivity index (χ2v) is 6.05. The highest BCUT2D eigenvalue weighted by Crippen LogP contribution is 2.36. The van der Waals surface area contributed by atoms with Crippen LogP contribution in [0.4, 0.5) is 0 Å². The topological polar surface area (TPSA) is 0 Å². The number of rotatable bonds is 3. The number of hydrogen-bond donors (Lipinski definition) is 0. The molecule has 1 aliphatic rings. The molecular weight excluding hydrogens is 228 g/mol. The fourth-order valence-corrected chi connectivity index (χ4v) is 3.35. The van der Waals surface area contributed by atoms with Crippen LogP contribution in [0.15, 0.2) is 24.3 Å². The van der Waals surface area contributed by atoms with Crippen LogP contribution in [0.1, 0.15) is 43.7 Å². The molecule has 0 aliphatic heterocycles.